The van der Waals surface area contributed by atoms with Crippen LogP contribution in [0.4, 0.5) is 11.6 Å². The molecule has 1 N–H and O–H groups in total. The zero-order valence-electron chi connectivity index (χ0n) is 13.8. The van der Waals surface area contributed by atoms with E-state index in [1.807, 2.05) is 0 Å². The van der Waals surface area contributed by atoms with Crippen LogP contribution in [-0.2, 0) is 0 Å². The Bertz CT molecular complexity index is 460. The SMILES string of the molecule is CCCNc1ncnc(N2CCC(CC)(CC)C2)c1OC. The number of hydrogen-bond donors (Lipinski definition) is 1. The molecule has 0 radical (unpaired) electrons. The molecular formula is C16H28N4O. The van der Waals surface area contributed by atoms with E-state index in [-0.39, 0.29) is 0 Å². The molecule has 0 aliphatic carbocycles. The predicted molar refractivity (Wildman–Crippen MR) is 87.2 cm³/mol. The van der Waals surface area contributed by atoms with Gasteiger partial charge >= 0.3 is 0 Å². The second-order valence-corrected chi connectivity index (χ2v) is 5.88. The van der Waals surface area contributed by atoms with Gasteiger partial charge in [0.05, 0.1) is 7.11 Å². The number of nitrogens with zero attached hydrogens (tertiary/aromatic N) is 3. The molecule has 1 saturated heterocycles. The minimum atomic E-state index is 0.424. The van der Waals surface area contributed by atoms with Crippen LogP contribution in [-0.4, -0.2) is 36.7 Å². The Morgan fingerprint density at radius 1 is 1.29 bits per heavy atom. The molecule has 2 rings (SSSR count). The summed E-state index contributed by atoms with van der Waals surface area (Å²) < 4.78 is 5.59. The first-order valence-electron chi connectivity index (χ1n) is 8.07. The van der Waals surface area contributed by atoms with Gasteiger partial charge in [-0.25, -0.2) is 9.97 Å². The van der Waals surface area contributed by atoms with E-state index < -0.39 is 0 Å². The molecule has 1 aliphatic rings. The first kappa shape index (κ1) is 15.9. The molecule has 0 unspecified atom stereocenters. The number of aromatic nitrogens is 2. The summed E-state index contributed by atoms with van der Waals surface area (Å²) in [7, 11) is 1.70. The zero-order valence-corrected chi connectivity index (χ0v) is 13.8. The van der Waals surface area contributed by atoms with Crippen molar-refractivity contribution < 1.29 is 4.74 Å². The van der Waals surface area contributed by atoms with Crippen LogP contribution in [0.15, 0.2) is 6.33 Å². The second-order valence-electron chi connectivity index (χ2n) is 5.88. The van der Waals surface area contributed by atoms with E-state index >= 15 is 0 Å². The molecule has 1 aliphatic heterocycles. The molecule has 0 amide bonds. The average molecular weight is 292 g/mol. The molecule has 0 aromatic carbocycles. The summed E-state index contributed by atoms with van der Waals surface area (Å²) in [5.41, 5.74) is 0.424. The highest BCUT2D eigenvalue weighted by Gasteiger charge is 2.36. The van der Waals surface area contributed by atoms with E-state index in [1.165, 1.54) is 19.3 Å². The molecule has 1 aromatic rings. The van der Waals surface area contributed by atoms with Gasteiger partial charge in [0.1, 0.15) is 6.33 Å². The molecule has 0 bridgehead atoms. The molecule has 1 aromatic heterocycles. The average Bonchev–Trinajstić information content (AvgIpc) is 2.97. The molecule has 21 heavy (non-hydrogen) atoms. The molecule has 1 fully saturated rings. The largest absolute Gasteiger partial charge is 0.490 e. The summed E-state index contributed by atoms with van der Waals surface area (Å²) in [6.45, 7) is 9.71. The lowest BCUT2D eigenvalue weighted by Gasteiger charge is -2.27. The number of anilines is 2. The van der Waals surface area contributed by atoms with Gasteiger partial charge in [-0.15, -0.1) is 0 Å². The zero-order chi connectivity index (χ0) is 15.3. The first-order chi connectivity index (χ1) is 10.2. The van der Waals surface area contributed by atoms with Gasteiger partial charge in [0, 0.05) is 19.6 Å². The van der Waals surface area contributed by atoms with Gasteiger partial charge in [0.25, 0.3) is 0 Å². The van der Waals surface area contributed by atoms with Crippen LogP contribution in [0.5, 0.6) is 5.75 Å². The van der Waals surface area contributed by atoms with Crippen molar-refractivity contribution in [2.24, 2.45) is 5.41 Å². The maximum atomic E-state index is 5.59. The minimum Gasteiger partial charge on any atom is -0.490 e. The van der Waals surface area contributed by atoms with E-state index in [4.69, 9.17) is 4.74 Å². The molecule has 0 saturated carbocycles. The van der Waals surface area contributed by atoms with Crippen LogP contribution in [0.2, 0.25) is 0 Å². The van der Waals surface area contributed by atoms with Crippen molar-refractivity contribution in [2.75, 3.05) is 37.0 Å². The molecule has 5 heteroatoms. The van der Waals surface area contributed by atoms with Crippen molar-refractivity contribution in [2.45, 2.75) is 46.5 Å². The summed E-state index contributed by atoms with van der Waals surface area (Å²) in [6.07, 6.45) is 6.35. The van der Waals surface area contributed by atoms with Gasteiger partial charge in [-0.3, -0.25) is 0 Å². The first-order valence-corrected chi connectivity index (χ1v) is 8.07. The van der Waals surface area contributed by atoms with Crippen molar-refractivity contribution in [3.63, 3.8) is 0 Å². The topological polar surface area (TPSA) is 50.3 Å². The lowest BCUT2D eigenvalue weighted by Crippen LogP contribution is -2.27. The van der Waals surface area contributed by atoms with E-state index in [0.717, 1.165) is 43.4 Å². The maximum absolute atomic E-state index is 5.59. The number of ether oxygens (including phenoxy) is 1. The Labute approximate surface area is 128 Å². The van der Waals surface area contributed by atoms with Gasteiger partial charge in [-0.1, -0.05) is 20.8 Å². The number of methoxy groups -OCH3 is 1. The third-order valence-corrected chi connectivity index (χ3v) is 4.77. The van der Waals surface area contributed by atoms with E-state index in [1.54, 1.807) is 13.4 Å². The van der Waals surface area contributed by atoms with Crippen molar-refractivity contribution in [3.8, 4) is 5.75 Å². The molecular weight excluding hydrogens is 264 g/mol. The number of rotatable bonds is 7. The van der Waals surface area contributed by atoms with Crippen LogP contribution in [0.25, 0.3) is 0 Å². The van der Waals surface area contributed by atoms with Crippen molar-refractivity contribution in [1.29, 1.82) is 0 Å². The monoisotopic (exact) mass is 292 g/mol. The summed E-state index contributed by atoms with van der Waals surface area (Å²) >= 11 is 0. The van der Waals surface area contributed by atoms with Crippen molar-refractivity contribution >= 4 is 11.6 Å². The van der Waals surface area contributed by atoms with Gasteiger partial charge < -0.3 is 15.0 Å². The van der Waals surface area contributed by atoms with Gasteiger partial charge in [-0.05, 0) is 31.1 Å². The van der Waals surface area contributed by atoms with Crippen molar-refractivity contribution in [3.05, 3.63) is 6.33 Å². The Morgan fingerprint density at radius 2 is 2.05 bits per heavy atom. The Morgan fingerprint density at radius 3 is 2.62 bits per heavy atom. The highest BCUT2D eigenvalue weighted by atomic mass is 16.5. The fourth-order valence-electron chi connectivity index (χ4n) is 3.09. The maximum Gasteiger partial charge on any atom is 0.204 e. The van der Waals surface area contributed by atoms with Crippen LogP contribution >= 0.6 is 0 Å². The van der Waals surface area contributed by atoms with E-state index in [2.05, 4.69) is 41.0 Å². The standard InChI is InChI=1S/C16H28N4O/c1-5-9-17-14-13(21-4)15(19-12-18-14)20-10-8-16(6-2,7-3)11-20/h12H,5-11H2,1-4H3,(H,17,18,19). The summed E-state index contributed by atoms with van der Waals surface area (Å²) in [5.74, 6) is 2.50. The predicted octanol–water partition coefficient (Wildman–Crippen LogP) is 3.32. The van der Waals surface area contributed by atoms with Crippen LogP contribution in [0.1, 0.15) is 46.5 Å². The van der Waals surface area contributed by atoms with E-state index in [9.17, 15) is 0 Å². The van der Waals surface area contributed by atoms with Crippen LogP contribution in [0.3, 0.4) is 0 Å². The lowest BCUT2D eigenvalue weighted by molar-refractivity contribution is 0.301. The second kappa shape index (κ2) is 6.96. The minimum absolute atomic E-state index is 0.424. The van der Waals surface area contributed by atoms with Gasteiger partial charge in [0.15, 0.2) is 11.6 Å². The number of hydrogen-bond acceptors (Lipinski definition) is 5. The van der Waals surface area contributed by atoms with Crippen molar-refractivity contribution in [1.82, 2.24) is 9.97 Å². The fraction of sp³-hybridized carbons (Fsp3) is 0.750. The van der Waals surface area contributed by atoms with Gasteiger partial charge in [0.2, 0.25) is 5.75 Å². The Balaban J connectivity index is 2.24. The molecule has 0 atom stereocenters. The molecule has 0 spiro atoms. The third kappa shape index (κ3) is 3.22. The Kier molecular flexibility index (Phi) is 5.26. The Hall–Kier alpha value is -1.52. The smallest absolute Gasteiger partial charge is 0.204 e. The van der Waals surface area contributed by atoms with E-state index in [0.29, 0.717) is 5.41 Å². The summed E-state index contributed by atoms with van der Waals surface area (Å²) in [4.78, 5) is 11.2. The normalized spacial score (nSPS) is 17.0. The lowest BCUT2D eigenvalue weighted by atomic mass is 9.82. The van der Waals surface area contributed by atoms with Gasteiger partial charge in [-0.2, -0.15) is 0 Å². The highest BCUT2D eigenvalue weighted by molar-refractivity contribution is 5.65. The molecule has 118 valence electrons. The third-order valence-electron chi connectivity index (χ3n) is 4.77. The molecule has 2 heterocycles. The summed E-state index contributed by atoms with van der Waals surface area (Å²) in [5, 5.41) is 3.32. The highest BCUT2D eigenvalue weighted by Crippen LogP contribution is 2.42. The molecule has 5 nitrogen and oxygen atoms in total. The summed E-state index contributed by atoms with van der Waals surface area (Å²) in [6, 6.07) is 0. The van der Waals surface area contributed by atoms with Crippen LogP contribution < -0.4 is 15.0 Å². The van der Waals surface area contributed by atoms with Crippen LogP contribution in [0, 0.1) is 5.41 Å². The quantitative estimate of drug-likeness (QED) is 0.835. The fourth-order valence-corrected chi connectivity index (χ4v) is 3.09. The number of nitrogens with one attached hydrogen (secondary N) is 1.